The highest BCUT2D eigenvalue weighted by Gasteiger charge is 2.43. The summed E-state index contributed by atoms with van der Waals surface area (Å²) in [5, 5.41) is 13.4. The molecule has 1 amide bonds. The molecule has 0 aromatic heterocycles. The largest absolute Gasteiger partial charge is 0.872 e. The number of nitrogens with one attached hydrogen (secondary N) is 1. The Balaban J connectivity index is 2.10. The van der Waals surface area contributed by atoms with Crippen LogP contribution in [0.25, 0.3) is 5.76 Å². The molecule has 1 saturated heterocycles. The van der Waals surface area contributed by atoms with Gasteiger partial charge in [0.2, 0.25) is 5.78 Å². The van der Waals surface area contributed by atoms with Crippen molar-refractivity contribution in [1.82, 2.24) is 4.90 Å². The smallest absolute Gasteiger partial charge is 0.295 e. The second kappa shape index (κ2) is 9.31. The molecule has 1 fully saturated rings. The van der Waals surface area contributed by atoms with Crippen molar-refractivity contribution in [2.45, 2.75) is 19.4 Å². The molecule has 1 unspecified atom stereocenters. The first kappa shape index (κ1) is 22.5. The molecule has 6 nitrogen and oxygen atoms in total. The Morgan fingerprint density at radius 3 is 2.42 bits per heavy atom. The number of Topliss-reactive ketones (excluding diaryl/α,β-unsaturated/α-hetero) is 1. The van der Waals surface area contributed by atoms with Gasteiger partial charge in [-0.2, -0.15) is 0 Å². The van der Waals surface area contributed by atoms with Crippen molar-refractivity contribution in [3.63, 3.8) is 0 Å². The highest BCUT2D eigenvalue weighted by molar-refractivity contribution is 6.46. The summed E-state index contributed by atoms with van der Waals surface area (Å²) in [6.07, 6.45) is 0.669. The number of likely N-dealkylation sites (tertiary alicyclic amines) is 1. The summed E-state index contributed by atoms with van der Waals surface area (Å²) in [6, 6.07) is 9.62. The molecule has 3 rings (SSSR count). The fourth-order valence-corrected chi connectivity index (χ4v) is 3.87. The number of amides is 1. The van der Waals surface area contributed by atoms with Crippen molar-refractivity contribution >= 4 is 17.4 Å². The summed E-state index contributed by atoms with van der Waals surface area (Å²) in [5.74, 6) is -1.81. The van der Waals surface area contributed by atoms with Crippen molar-refractivity contribution in [2.75, 3.05) is 34.3 Å². The first-order valence-electron chi connectivity index (χ1n) is 10.2. The van der Waals surface area contributed by atoms with Gasteiger partial charge < -0.3 is 19.6 Å². The Morgan fingerprint density at radius 2 is 1.84 bits per heavy atom. The third kappa shape index (κ3) is 4.61. The maximum Gasteiger partial charge on any atom is 0.295 e. The van der Waals surface area contributed by atoms with Gasteiger partial charge in [-0.1, -0.05) is 24.0 Å². The fourth-order valence-electron chi connectivity index (χ4n) is 3.87. The molecule has 1 aliphatic heterocycles. The summed E-state index contributed by atoms with van der Waals surface area (Å²) in [5.41, 5.74) is 1.49. The molecule has 0 radical (unpaired) electrons. The van der Waals surface area contributed by atoms with Gasteiger partial charge in [-0.05, 0) is 47.9 Å². The maximum atomic E-state index is 13.5. The molecule has 1 heterocycles. The van der Waals surface area contributed by atoms with E-state index in [0.717, 1.165) is 12.1 Å². The third-order valence-electron chi connectivity index (χ3n) is 5.45. The van der Waals surface area contributed by atoms with Crippen LogP contribution in [0.4, 0.5) is 4.39 Å². The van der Waals surface area contributed by atoms with Gasteiger partial charge in [-0.15, -0.1) is 0 Å². The topological polar surface area (TPSA) is 74.1 Å². The molecule has 164 valence electrons. The summed E-state index contributed by atoms with van der Waals surface area (Å²) in [7, 11) is 5.54. The predicted molar refractivity (Wildman–Crippen MR) is 113 cm³/mol. The Morgan fingerprint density at radius 1 is 1.16 bits per heavy atom. The van der Waals surface area contributed by atoms with Crippen LogP contribution < -0.4 is 14.7 Å². The highest BCUT2D eigenvalue weighted by Crippen LogP contribution is 2.39. The minimum Gasteiger partial charge on any atom is -0.872 e. The van der Waals surface area contributed by atoms with Crippen LogP contribution in [0.5, 0.6) is 5.75 Å². The number of hydrogen-bond donors (Lipinski definition) is 1. The Labute approximate surface area is 181 Å². The summed E-state index contributed by atoms with van der Waals surface area (Å²) in [6.45, 7) is 2.93. The van der Waals surface area contributed by atoms with Crippen molar-refractivity contribution in [3.05, 3.63) is 70.5 Å². The zero-order chi connectivity index (χ0) is 22.7. The zero-order valence-electron chi connectivity index (χ0n) is 18.2. The molecule has 0 spiro atoms. The number of benzene rings is 2. The monoisotopic (exact) mass is 426 g/mol. The maximum absolute atomic E-state index is 13.5. The minimum atomic E-state index is -0.840. The lowest BCUT2D eigenvalue weighted by molar-refractivity contribution is -0.858. The standard InChI is InChI=1S/C24H27FN2O4/c1-15-14-17(8-11-19(15)31-4)22(28)20-21(16-6-9-18(25)10-7-16)27(24(30)23(20)29)13-5-12-26(2)3/h6-11,14,21,28H,5,12-13H2,1-4H3/b22-20+. The van der Waals surface area contributed by atoms with E-state index in [2.05, 4.69) is 0 Å². The van der Waals surface area contributed by atoms with Gasteiger partial charge in [0.25, 0.3) is 5.91 Å². The van der Waals surface area contributed by atoms with Crippen LogP contribution in [0.15, 0.2) is 48.0 Å². The van der Waals surface area contributed by atoms with Crippen molar-refractivity contribution in [1.29, 1.82) is 0 Å². The number of methoxy groups -OCH3 is 1. The van der Waals surface area contributed by atoms with Crippen molar-refractivity contribution < 1.29 is 28.7 Å². The van der Waals surface area contributed by atoms with Crippen molar-refractivity contribution in [3.8, 4) is 5.75 Å². The number of halogens is 1. The number of carbonyl (C=O) groups excluding carboxylic acids is 2. The molecule has 0 bridgehead atoms. The minimum absolute atomic E-state index is 0.0987. The molecule has 0 aliphatic carbocycles. The van der Waals surface area contributed by atoms with Gasteiger partial charge in [0.1, 0.15) is 11.6 Å². The number of ether oxygens (including phenoxy) is 1. The fraction of sp³-hybridized carbons (Fsp3) is 0.333. The first-order valence-corrected chi connectivity index (χ1v) is 10.2. The molecule has 0 saturated carbocycles. The van der Waals surface area contributed by atoms with E-state index in [1.165, 1.54) is 41.2 Å². The summed E-state index contributed by atoms with van der Waals surface area (Å²) < 4.78 is 18.8. The van der Waals surface area contributed by atoms with Crippen LogP contribution in [0, 0.1) is 12.7 Å². The molecule has 7 heteroatoms. The predicted octanol–water partition coefficient (Wildman–Crippen LogP) is 0.901. The second-order valence-electron chi connectivity index (χ2n) is 8.02. The Bertz CT molecular complexity index is 1010. The number of aryl methyl sites for hydroxylation is 1. The number of quaternary nitrogens is 1. The van der Waals surface area contributed by atoms with E-state index in [1.54, 1.807) is 25.1 Å². The average Bonchev–Trinajstić information content (AvgIpc) is 2.98. The molecular weight excluding hydrogens is 399 g/mol. The average molecular weight is 426 g/mol. The number of ketones is 1. The number of hydrogen-bond acceptors (Lipinski definition) is 4. The number of rotatable bonds is 7. The van der Waals surface area contributed by atoms with Crippen LogP contribution in [-0.4, -0.2) is 50.9 Å². The van der Waals surface area contributed by atoms with E-state index in [1.807, 2.05) is 14.1 Å². The second-order valence-corrected chi connectivity index (χ2v) is 8.02. The van der Waals surface area contributed by atoms with E-state index < -0.39 is 29.3 Å². The molecule has 1 N–H and O–H groups in total. The van der Waals surface area contributed by atoms with E-state index in [9.17, 15) is 19.1 Å². The van der Waals surface area contributed by atoms with Crippen molar-refractivity contribution in [2.24, 2.45) is 0 Å². The van der Waals surface area contributed by atoms with Crippen LogP contribution in [-0.2, 0) is 9.59 Å². The molecule has 2 aromatic rings. The highest BCUT2D eigenvalue weighted by atomic mass is 19.1. The Kier molecular flexibility index (Phi) is 6.75. The van der Waals surface area contributed by atoms with E-state index in [-0.39, 0.29) is 5.57 Å². The van der Waals surface area contributed by atoms with Gasteiger partial charge in [0, 0.05) is 18.5 Å². The van der Waals surface area contributed by atoms with Crippen LogP contribution in [0.2, 0.25) is 0 Å². The quantitative estimate of drug-likeness (QED) is 0.406. The van der Waals surface area contributed by atoms with Crippen LogP contribution in [0.1, 0.15) is 29.2 Å². The Hall–Kier alpha value is -3.19. The molecular formula is C24H27FN2O4. The molecule has 1 aliphatic rings. The lowest BCUT2D eigenvalue weighted by Crippen LogP contribution is -3.05. The number of nitrogens with zero attached hydrogens (tertiary/aromatic N) is 1. The van der Waals surface area contributed by atoms with Gasteiger partial charge in [0.05, 0.1) is 33.8 Å². The number of carbonyl (C=O) groups is 2. The van der Waals surface area contributed by atoms with E-state index >= 15 is 0 Å². The normalized spacial score (nSPS) is 18.1. The van der Waals surface area contributed by atoms with Gasteiger partial charge in [-0.25, -0.2) is 4.39 Å². The van der Waals surface area contributed by atoms with Crippen LogP contribution >= 0.6 is 0 Å². The van der Waals surface area contributed by atoms with E-state index in [4.69, 9.17) is 4.74 Å². The molecule has 31 heavy (non-hydrogen) atoms. The van der Waals surface area contributed by atoms with Gasteiger partial charge in [-0.3, -0.25) is 9.59 Å². The van der Waals surface area contributed by atoms with E-state index in [0.29, 0.717) is 29.8 Å². The first-order chi connectivity index (χ1) is 14.7. The van der Waals surface area contributed by atoms with Crippen LogP contribution in [0.3, 0.4) is 0 Å². The molecule has 1 atom stereocenters. The zero-order valence-corrected chi connectivity index (χ0v) is 18.2. The van der Waals surface area contributed by atoms with Gasteiger partial charge in [0.15, 0.2) is 0 Å². The SMILES string of the molecule is COc1ccc(/C([O-])=C2\C(=O)C(=O)N(CCC[NH+](C)C)C2c2ccc(F)cc2)cc1C. The molecule has 2 aromatic carbocycles. The summed E-state index contributed by atoms with van der Waals surface area (Å²) >= 11 is 0. The third-order valence-corrected chi connectivity index (χ3v) is 5.45. The lowest BCUT2D eigenvalue weighted by atomic mass is 9.94. The summed E-state index contributed by atoms with van der Waals surface area (Å²) in [4.78, 5) is 28.4. The lowest BCUT2D eigenvalue weighted by Gasteiger charge is -2.27. The van der Waals surface area contributed by atoms with Gasteiger partial charge >= 0.3 is 0 Å².